The number of ketones is 4. The average Bonchev–Trinajstić information content (AvgIpc) is 2.98. The van der Waals surface area contributed by atoms with Crippen LogP contribution in [0.3, 0.4) is 0 Å². The van der Waals surface area contributed by atoms with Crippen LogP contribution in [0.5, 0.6) is 0 Å². The quantitative estimate of drug-likeness (QED) is 0.249. The maximum absolute atomic E-state index is 11.7. The number of Topliss-reactive ketones (excluding diaryl/α,β-unsaturated/α-hetero) is 4. The molecule has 0 fully saturated rings. The van der Waals surface area contributed by atoms with Gasteiger partial charge in [0.15, 0.2) is 35.3 Å². The van der Waals surface area contributed by atoms with Gasteiger partial charge < -0.3 is 0 Å². The molecule has 0 atom stereocenters. The molecule has 0 bridgehead atoms. The first-order chi connectivity index (χ1) is 29.2. The summed E-state index contributed by atoms with van der Waals surface area (Å²) in [5, 5.41) is 0. The molecule has 0 N–H and O–H groups in total. The molecular formula is C57H118O10S3. The Kier molecular flexibility index (Phi) is 30.6. The Morgan fingerprint density at radius 3 is 0.614 bits per heavy atom. The van der Waals surface area contributed by atoms with Gasteiger partial charge in [0.05, 0.1) is 24.7 Å². The number of hydrogen-bond acceptors (Lipinski definition) is 10. The second-order valence-electron chi connectivity index (χ2n) is 31.7. The minimum atomic E-state index is -3.33. The van der Waals surface area contributed by atoms with E-state index in [2.05, 4.69) is 62.3 Å². The summed E-state index contributed by atoms with van der Waals surface area (Å²) in [4.78, 5) is 46.0. The Bertz CT molecular complexity index is 1880. The van der Waals surface area contributed by atoms with Crippen LogP contribution in [-0.4, -0.2) is 78.9 Å². The van der Waals surface area contributed by atoms with E-state index in [-0.39, 0.29) is 49.4 Å². The molecule has 0 aromatic carbocycles. The van der Waals surface area contributed by atoms with Crippen molar-refractivity contribution in [2.45, 2.75) is 288 Å². The minimum absolute atomic E-state index is 0.0956. The number of carbonyl (C=O) groups excluding carboxylic acids is 4. The third-order valence-corrected chi connectivity index (χ3v) is 18.5. The highest BCUT2D eigenvalue weighted by molar-refractivity contribution is 7.94. The summed E-state index contributed by atoms with van der Waals surface area (Å²) < 4.78 is 67.4. The Morgan fingerprint density at radius 1 is 0.286 bits per heavy atom. The standard InChI is InChI=1S/C10H20O3S.C10H22O2S.2C10H20O.C9H18O.C8H18O2S/c1-9(2,3)8(11)7-14(12,13)10(4,5)6;1-9(2,3)7-8-13(11,12)10(4,5)6;2*1-9(2,3)7-8(11)10(4,5)6;1-8(2,3)7(10)9(4,5)6;1-7(2,3)11(9,10)8(4,5)6/h7H2,1-6H3;7-8H2,1-6H3;2*7H2,1-6H3;1-6H3;1-6H3. The summed E-state index contributed by atoms with van der Waals surface area (Å²) >= 11 is 0. The van der Waals surface area contributed by atoms with Crippen molar-refractivity contribution in [3.05, 3.63) is 0 Å². The van der Waals surface area contributed by atoms with Gasteiger partial charge in [-0.25, -0.2) is 25.3 Å². The van der Waals surface area contributed by atoms with E-state index in [9.17, 15) is 44.4 Å². The van der Waals surface area contributed by atoms with E-state index in [0.717, 1.165) is 6.42 Å². The first-order valence-corrected chi connectivity index (χ1v) is 29.9. The Labute approximate surface area is 437 Å². The van der Waals surface area contributed by atoms with E-state index in [0.29, 0.717) is 35.9 Å². The Hall–Kier alpha value is -1.47. The summed E-state index contributed by atoms with van der Waals surface area (Å²) in [6, 6.07) is 0. The molecule has 0 saturated heterocycles. The second kappa shape index (κ2) is 26.8. The predicted molar refractivity (Wildman–Crippen MR) is 305 cm³/mol. The molecular weight excluding hydrogens is 941 g/mol. The maximum atomic E-state index is 11.7. The lowest BCUT2D eigenvalue weighted by Crippen LogP contribution is -2.41. The van der Waals surface area contributed by atoms with Gasteiger partial charge >= 0.3 is 0 Å². The van der Waals surface area contributed by atoms with Crippen molar-refractivity contribution < 1.29 is 44.4 Å². The van der Waals surface area contributed by atoms with Gasteiger partial charge in [0.25, 0.3) is 0 Å². The number of rotatable bonds is 6. The van der Waals surface area contributed by atoms with Gasteiger partial charge in [-0.3, -0.25) is 19.2 Å². The second-order valence-corrected chi connectivity index (χ2v) is 40.7. The van der Waals surface area contributed by atoms with Gasteiger partial charge in [-0.1, -0.05) is 166 Å². The first kappa shape index (κ1) is 79.9. The first-order valence-electron chi connectivity index (χ1n) is 25.1. The number of carbonyl (C=O) groups is 4. The summed E-state index contributed by atoms with van der Waals surface area (Å²) in [7, 11) is -9.27. The maximum Gasteiger partial charge on any atom is 0.162 e. The molecule has 0 aliphatic carbocycles. The highest BCUT2D eigenvalue weighted by Crippen LogP contribution is 2.31. The van der Waals surface area contributed by atoms with Gasteiger partial charge in [-0.05, 0) is 106 Å². The fourth-order valence-electron chi connectivity index (χ4n) is 4.89. The summed E-state index contributed by atoms with van der Waals surface area (Å²) in [5.74, 6) is 0.724. The highest BCUT2D eigenvalue weighted by Gasteiger charge is 2.40. The van der Waals surface area contributed by atoms with Crippen molar-refractivity contribution in [2.75, 3.05) is 11.5 Å². The van der Waals surface area contributed by atoms with Crippen LogP contribution in [0.1, 0.15) is 269 Å². The zero-order chi connectivity index (χ0) is 59.3. The molecule has 0 aromatic heterocycles. The number of hydrogen-bond donors (Lipinski definition) is 0. The molecule has 0 amide bonds. The van der Waals surface area contributed by atoms with Crippen molar-refractivity contribution in [2.24, 2.45) is 43.3 Å². The molecule has 13 heteroatoms. The molecule has 0 spiro atoms. The van der Waals surface area contributed by atoms with Crippen LogP contribution in [-0.2, 0) is 48.7 Å². The van der Waals surface area contributed by atoms with E-state index in [4.69, 9.17) is 0 Å². The van der Waals surface area contributed by atoms with Crippen LogP contribution in [0.15, 0.2) is 0 Å². The predicted octanol–water partition coefficient (Wildman–Crippen LogP) is 15.2. The summed E-state index contributed by atoms with van der Waals surface area (Å²) in [6.07, 6.45) is 2.08. The van der Waals surface area contributed by atoms with Crippen LogP contribution in [0, 0.1) is 43.3 Å². The molecule has 70 heavy (non-hydrogen) atoms. The topological polar surface area (TPSA) is 171 Å². The van der Waals surface area contributed by atoms with Crippen molar-refractivity contribution in [3.63, 3.8) is 0 Å². The fourth-order valence-corrected chi connectivity index (χ4v) is 9.43. The molecule has 0 heterocycles. The summed E-state index contributed by atoms with van der Waals surface area (Å²) in [6.45, 7) is 68.0. The van der Waals surface area contributed by atoms with Gasteiger partial charge in [0.1, 0.15) is 23.1 Å². The average molecular weight is 1060 g/mol. The molecule has 0 aromatic rings. The Morgan fingerprint density at radius 2 is 0.514 bits per heavy atom. The largest absolute Gasteiger partial charge is 0.299 e. The lowest BCUT2D eigenvalue weighted by atomic mass is 9.76. The minimum Gasteiger partial charge on any atom is -0.299 e. The van der Waals surface area contributed by atoms with Crippen LogP contribution >= 0.6 is 0 Å². The summed E-state index contributed by atoms with van der Waals surface area (Å²) in [5.41, 5.74) is -0.970. The van der Waals surface area contributed by atoms with Gasteiger partial charge in [-0.15, -0.1) is 0 Å². The third kappa shape index (κ3) is 38.2. The van der Waals surface area contributed by atoms with Crippen LogP contribution in [0.25, 0.3) is 0 Å². The van der Waals surface area contributed by atoms with Gasteiger partial charge in [0, 0.05) is 39.9 Å². The zero-order valence-corrected chi connectivity index (χ0v) is 55.3. The van der Waals surface area contributed by atoms with Crippen molar-refractivity contribution in [1.29, 1.82) is 0 Å². The lowest BCUT2D eigenvalue weighted by molar-refractivity contribution is -0.134. The van der Waals surface area contributed by atoms with Gasteiger partial charge in [-0.2, -0.15) is 0 Å². The van der Waals surface area contributed by atoms with E-state index in [1.807, 2.05) is 83.1 Å². The van der Waals surface area contributed by atoms with Crippen molar-refractivity contribution in [1.82, 2.24) is 0 Å². The molecule has 424 valence electrons. The molecule has 0 unspecified atom stereocenters. The molecule has 0 saturated carbocycles. The van der Waals surface area contributed by atoms with Crippen molar-refractivity contribution in [3.8, 4) is 0 Å². The van der Waals surface area contributed by atoms with Crippen molar-refractivity contribution >= 4 is 52.6 Å². The van der Waals surface area contributed by atoms with E-state index < -0.39 is 53.9 Å². The van der Waals surface area contributed by atoms with Crippen LogP contribution in [0.2, 0.25) is 0 Å². The smallest absolute Gasteiger partial charge is 0.162 e. The molecule has 0 aliphatic rings. The third-order valence-electron chi connectivity index (χ3n) is 10.2. The zero-order valence-electron chi connectivity index (χ0n) is 52.8. The molecule has 0 radical (unpaired) electrons. The lowest BCUT2D eigenvalue weighted by Gasteiger charge is -2.29. The molecule has 0 aliphatic heterocycles. The van der Waals surface area contributed by atoms with E-state index >= 15 is 0 Å². The van der Waals surface area contributed by atoms with E-state index in [1.165, 1.54) is 0 Å². The molecule has 10 nitrogen and oxygen atoms in total. The molecule has 0 rings (SSSR count). The number of sulfone groups is 3. The van der Waals surface area contributed by atoms with E-state index in [1.54, 1.807) is 104 Å². The fraction of sp³-hybridized carbons (Fsp3) is 0.930. The Balaban J connectivity index is -0.000000176. The van der Waals surface area contributed by atoms with Crippen LogP contribution < -0.4 is 0 Å². The highest BCUT2D eigenvalue weighted by atomic mass is 32.2. The van der Waals surface area contributed by atoms with Crippen LogP contribution in [0.4, 0.5) is 0 Å². The van der Waals surface area contributed by atoms with Gasteiger partial charge in [0.2, 0.25) is 0 Å². The monoisotopic (exact) mass is 1060 g/mol. The SMILES string of the molecule is CC(C)(C)C(=O)C(C)(C)C.CC(C)(C)C(=O)CS(=O)(=O)C(C)(C)C.CC(C)(C)CC(=O)C(C)(C)C.CC(C)(C)CC(=O)C(C)(C)C.CC(C)(C)CCS(=O)(=O)C(C)(C)C.CC(C)(C)S(=O)(=O)C(C)(C)C. The normalized spacial score (nSPS) is 14.0.